The van der Waals surface area contributed by atoms with E-state index in [1.807, 2.05) is 0 Å². The van der Waals surface area contributed by atoms with Crippen LogP contribution in [0.5, 0.6) is 0 Å². The standard InChI is InChI=1S/C23H37N3O3.HI/c1-3-24-23(26-18(2)16-29-20-12-15-27-17-20)25-13-7-14-28-22-11-6-9-19-8-4-5-10-21(19)22;/h4-5,8,10,18,20,22H,3,6-7,9,11-17H2,1-2H3,(H2,24,25,26);1H. The molecular weight excluding hydrogens is 493 g/mol. The highest BCUT2D eigenvalue weighted by atomic mass is 127. The Balaban J connectivity index is 0.00000320. The first-order valence-corrected chi connectivity index (χ1v) is 11.2. The maximum Gasteiger partial charge on any atom is 0.191 e. The second-order valence-corrected chi connectivity index (χ2v) is 7.93. The van der Waals surface area contributed by atoms with Crippen molar-refractivity contribution in [3.63, 3.8) is 0 Å². The number of rotatable bonds is 10. The van der Waals surface area contributed by atoms with Crippen LogP contribution in [0.1, 0.15) is 56.8 Å². The molecule has 3 unspecified atom stereocenters. The first kappa shape index (κ1) is 25.4. The van der Waals surface area contributed by atoms with Crippen molar-refractivity contribution in [1.82, 2.24) is 10.6 Å². The third-order valence-corrected chi connectivity index (χ3v) is 5.40. The zero-order valence-corrected chi connectivity index (χ0v) is 20.7. The van der Waals surface area contributed by atoms with Crippen LogP contribution in [-0.4, -0.2) is 57.6 Å². The molecule has 0 aromatic heterocycles. The zero-order chi connectivity index (χ0) is 20.3. The second kappa shape index (κ2) is 14.2. The van der Waals surface area contributed by atoms with Gasteiger partial charge in [0.1, 0.15) is 0 Å². The summed E-state index contributed by atoms with van der Waals surface area (Å²) >= 11 is 0. The number of nitrogens with one attached hydrogen (secondary N) is 2. The lowest BCUT2D eigenvalue weighted by molar-refractivity contribution is 0.0347. The molecule has 3 atom stereocenters. The Labute approximate surface area is 198 Å². The van der Waals surface area contributed by atoms with Crippen LogP contribution in [0, 0.1) is 0 Å². The van der Waals surface area contributed by atoms with Gasteiger partial charge < -0.3 is 24.8 Å². The van der Waals surface area contributed by atoms with Crippen LogP contribution in [0.2, 0.25) is 0 Å². The minimum Gasteiger partial charge on any atom is -0.379 e. The molecule has 3 rings (SSSR count). The van der Waals surface area contributed by atoms with Gasteiger partial charge >= 0.3 is 0 Å². The molecule has 0 amide bonds. The Kier molecular flexibility index (Phi) is 12.0. The number of aryl methyl sites for hydroxylation is 1. The van der Waals surface area contributed by atoms with Crippen LogP contribution in [0.15, 0.2) is 29.3 Å². The van der Waals surface area contributed by atoms with Gasteiger partial charge in [-0.1, -0.05) is 24.3 Å². The summed E-state index contributed by atoms with van der Waals surface area (Å²) in [5.41, 5.74) is 2.82. The quantitative estimate of drug-likeness (QED) is 0.208. The summed E-state index contributed by atoms with van der Waals surface area (Å²) in [5, 5.41) is 6.74. The van der Waals surface area contributed by atoms with Gasteiger partial charge in [0.2, 0.25) is 0 Å². The molecule has 1 heterocycles. The van der Waals surface area contributed by atoms with Crippen molar-refractivity contribution in [3.8, 4) is 0 Å². The van der Waals surface area contributed by atoms with E-state index in [0.29, 0.717) is 13.2 Å². The minimum absolute atomic E-state index is 0. The summed E-state index contributed by atoms with van der Waals surface area (Å²) in [6, 6.07) is 8.88. The number of halogens is 1. The summed E-state index contributed by atoms with van der Waals surface area (Å²) in [6.45, 7) is 8.70. The molecule has 1 aliphatic carbocycles. The highest BCUT2D eigenvalue weighted by Gasteiger charge is 2.20. The number of ether oxygens (including phenoxy) is 3. The number of hydrogen-bond acceptors (Lipinski definition) is 4. The van der Waals surface area contributed by atoms with E-state index in [9.17, 15) is 0 Å². The van der Waals surface area contributed by atoms with Gasteiger partial charge in [0.25, 0.3) is 0 Å². The SMILES string of the molecule is CCNC(=NCCCOC1CCCc2ccccc21)NC(C)COC1CCOC1.I. The van der Waals surface area contributed by atoms with Gasteiger partial charge in [0, 0.05) is 32.3 Å². The molecule has 0 radical (unpaired) electrons. The fraction of sp³-hybridized carbons (Fsp3) is 0.696. The molecule has 1 aromatic rings. The van der Waals surface area contributed by atoms with Gasteiger partial charge in [0.15, 0.2) is 5.96 Å². The Morgan fingerprint density at radius 2 is 2.13 bits per heavy atom. The van der Waals surface area contributed by atoms with E-state index in [2.05, 4.69) is 48.7 Å². The highest BCUT2D eigenvalue weighted by Crippen LogP contribution is 2.32. The molecule has 1 saturated heterocycles. The molecule has 1 fully saturated rings. The fourth-order valence-electron chi connectivity index (χ4n) is 3.88. The molecule has 6 nitrogen and oxygen atoms in total. The lowest BCUT2D eigenvalue weighted by Crippen LogP contribution is -2.44. The van der Waals surface area contributed by atoms with Crippen molar-refractivity contribution in [2.75, 3.05) is 39.5 Å². The molecule has 30 heavy (non-hydrogen) atoms. The topological polar surface area (TPSA) is 64.1 Å². The molecule has 1 aromatic carbocycles. The lowest BCUT2D eigenvalue weighted by Gasteiger charge is -2.25. The summed E-state index contributed by atoms with van der Waals surface area (Å²) in [5.74, 6) is 0.842. The van der Waals surface area contributed by atoms with E-state index >= 15 is 0 Å². The van der Waals surface area contributed by atoms with Crippen molar-refractivity contribution >= 4 is 29.9 Å². The van der Waals surface area contributed by atoms with E-state index in [-0.39, 0.29) is 42.2 Å². The number of hydrogen-bond donors (Lipinski definition) is 2. The second-order valence-electron chi connectivity index (χ2n) is 7.93. The van der Waals surface area contributed by atoms with Gasteiger partial charge in [-0.05, 0) is 57.1 Å². The van der Waals surface area contributed by atoms with Crippen molar-refractivity contribution in [3.05, 3.63) is 35.4 Å². The molecule has 2 aliphatic rings. The lowest BCUT2D eigenvalue weighted by atomic mass is 9.89. The predicted molar refractivity (Wildman–Crippen MR) is 132 cm³/mol. The summed E-state index contributed by atoms with van der Waals surface area (Å²) in [4.78, 5) is 4.69. The van der Waals surface area contributed by atoms with E-state index in [0.717, 1.165) is 51.5 Å². The average Bonchev–Trinajstić information content (AvgIpc) is 3.26. The molecule has 170 valence electrons. The van der Waals surface area contributed by atoms with Gasteiger partial charge in [-0.3, -0.25) is 4.99 Å². The van der Waals surface area contributed by atoms with Crippen LogP contribution in [0.25, 0.3) is 0 Å². The predicted octanol–water partition coefficient (Wildman–Crippen LogP) is 3.84. The summed E-state index contributed by atoms with van der Waals surface area (Å²) in [7, 11) is 0. The monoisotopic (exact) mass is 531 g/mol. The number of aliphatic imine (C=N–C) groups is 1. The number of nitrogens with zero attached hydrogens (tertiary/aromatic N) is 1. The Hall–Kier alpha value is -0.900. The molecular formula is C23H38IN3O3. The Bertz CT molecular complexity index is 638. The maximum absolute atomic E-state index is 6.19. The molecule has 7 heteroatoms. The van der Waals surface area contributed by atoms with Crippen LogP contribution in [-0.2, 0) is 20.6 Å². The third kappa shape index (κ3) is 8.32. The maximum atomic E-state index is 6.19. The highest BCUT2D eigenvalue weighted by molar-refractivity contribution is 14.0. The van der Waals surface area contributed by atoms with Gasteiger partial charge in [-0.2, -0.15) is 0 Å². The molecule has 0 spiro atoms. The number of benzene rings is 1. The average molecular weight is 531 g/mol. The first-order valence-electron chi connectivity index (χ1n) is 11.2. The van der Waals surface area contributed by atoms with Crippen LogP contribution >= 0.6 is 24.0 Å². The molecule has 2 N–H and O–H groups in total. The minimum atomic E-state index is 0. The van der Waals surface area contributed by atoms with Gasteiger partial charge in [-0.25, -0.2) is 0 Å². The number of guanidine groups is 1. The smallest absolute Gasteiger partial charge is 0.191 e. The van der Waals surface area contributed by atoms with E-state index < -0.39 is 0 Å². The fourth-order valence-corrected chi connectivity index (χ4v) is 3.88. The third-order valence-electron chi connectivity index (χ3n) is 5.40. The van der Waals surface area contributed by atoms with E-state index in [4.69, 9.17) is 19.2 Å². The summed E-state index contributed by atoms with van der Waals surface area (Å²) < 4.78 is 17.4. The van der Waals surface area contributed by atoms with Gasteiger partial charge in [0.05, 0.1) is 25.4 Å². The molecule has 0 bridgehead atoms. The normalized spacial score (nSPS) is 22.1. The van der Waals surface area contributed by atoms with Crippen molar-refractivity contribution in [2.24, 2.45) is 4.99 Å². The van der Waals surface area contributed by atoms with Crippen molar-refractivity contribution < 1.29 is 14.2 Å². The van der Waals surface area contributed by atoms with Crippen LogP contribution in [0.3, 0.4) is 0 Å². The molecule has 0 saturated carbocycles. The van der Waals surface area contributed by atoms with Crippen LogP contribution in [0.4, 0.5) is 0 Å². The zero-order valence-electron chi connectivity index (χ0n) is 18.4. The Morgan fingerprint density at radius 3 is 2.93 bits per heavy atom. The first-order chi connectivity index (χ1) is 14.3. The number of fused-ring (bicyclic) bond motifs is 1. The van der Waals surface area contributed by atoms with Crippen molar-refractivity contribution in [2.45, 2.75) is 64.2 Å². The van der Waals surface area contributed by atoms with Crippen LogP contribution < -0.4 is 10.6 Å². The van der Waals surface area contributed by atoms with Gasteiger partial charge in [-0.15, -0.1) is 24.0 Å². The summed E-state index contributed by atoms with van der Waals surface area (Å²) in [6.07, 6.45) is 5.89. The van der Waals surface area contributed by atoms with Crippen molar-refractivity contribution in [1.29, 1.82) is 0 Å². The largest absolute Gasteiger partial charge is 0.379 e. The molecule has 1 aliphatic heterocycles. The van der Waals surface area contributed by atoms with E-state index in [1.165, 1.54) is 24.0 Å². The van der Waals surface area contributed by atoms with E-state index in [1.54, 1.807) is 0 Å². The Morgan fingerprint density at radius 1 is 1.27 bits per heavy atom.